The van der Waals surface area contributed by atoms with Gasteiger partial charge in [-0.2, -0.15) is 0 Å². The summed E-state index contributed by atoms with van der Waals surface area (Å²) in [4.78, 5) is 26.0. The zero-order valence-electron chi connectivity index (χ0n) is 14.5. The van der Waals surface area contributed by atoms with Crippen molar-refractivity contribution in [2.24, 2.45) is 0 Å². The molecule has 0 spiro atoms. The van der Waals surface area contributed by atoms with Gasteiger partial charge in [0.05, 0.1) is 11.4 Å². The summed E-state index contributed by atoms with van der Waals surface area (Å²) in [7, 11) is 0. The van der Waals surface area contributed by atoms with Crippen LogP contribution >= 0.6 is 11.8 Å². The van der Waals surface area contributed by atoms with Crippen LogP contribution in [-0.4, -0.2) is 29.2 Å². The Hall–Kier alpha value is -2.60. The van der Waals surface area contributed by atoms with Crippen LogP contribution in [0.15, 0.2) is 47.4 Å². The zero-order valence-corrected chi connectivity index (χ0v) is 15.3. The van der Waals surface area contributed by atoms with Crippen LogP contribution in [0.5, 0.6) is 5.75 Å². The molecule has 2 amide bonds. The van der Waals surface area contributed by atoms with Crippen molar-refractivity contribution in [1.82, 2.24) is 4.90 Å². The summed E-state index contributed by atoms with van der Waals surface area (Å²) >= 11 is 0.855. The number of hydrogen-bond acceptors (Lipinski definition) is 4. The fourth-order valence-corrected chi connectivity index (χ4v) is 3.42. The van der Waals surface area contributed by atoms with Gasteiger partial charge in [-0.3, -0.25) is 14.5 Å². The van der Waals surface area contributed by atoms with Crippen LogP contribution in [0.3, 0.4) is 0 Å². The van der Waals surface area contributed by atoms with E-state index in [2.05, 4.69) is 0 Å². The van der Waals surface area contributed by atoms with Gasteiger partial charge in [0.25, 0.3) is 11.1 Å². The van der Waals surface area contributed by atoms with Crippen LogP contribution in [0.4, 0.5) is 9.18 Å². The Kier molecular flexibility index (Phi) is 5.42. The minimum absolute atomic E-state index is 0.165. The molecule has 0 atom stereocenters. The summed E-state index contributed by atoms with van der Waals surface area (Å²) in [6.45, 7) is 4.30. The quantitative estimate of drug-likeness (QED) is 0.723. The monoisotopic (exact) mass is 371 g/mol. The second kappa shape index (κ2) is 7.74. The number of aryl methyl sites for hydroxylation is 2. The van der Waals surface area contributed by atoms with Crippen LogP contribution in [0.1, 0.15) is 16.7 Å². The predicted octanol–water partition coefficient (Wildman–Crippen LogP) is 4.56. The van der Waals surface area contributed by atoms with Crippen molar-refractivity contribution >= 4 is 29.0 Å². The Morgan fingerprint density at radius 1 is 1.15 bits per heavy atom. The largest absolute Gasteiger partial charge is 0.491 e. The number of carbonyl (C=O) groups is 2. The first kappa shape index (κ1) is 18.2. The van der Waals surface area contributed by atoms with Gasteiger partial charge in [-0.05, 0) is 66.6 Å². The molecule has 0 radical (unpaired) electrons. The van der Waals surface area contributed by atoms with Gasteiger partial charge in [-0.1, -0.05) is 24.3 Å². The number of ether oxygens (including phenoxy) is 1. The van der Waals surface area contributed by atoms with Gasteiger partial charge < -0.3 is 4.74 Å². The van der Waals surface area contributed by atoms with E-state index in [9.17, 15) is 14.0 Å². The van der Waals surface area contributed by atoms with Gasteiger partial charge in [-0.25, -0.2) is 4.39 Å². The molecule has 4 nitrogen and oxygen atoms in total. The lowest BCUT2D eigenvalue weighted by Gasteiger charge is -2.14. The standard InChI is InChI=1S/C20H18FNO3S/c1-13-6-7-14(2)17(10-13)25-9-8-22-19(23)18(26-20(22)24)12-15-4-3-5-16(21)11-15/h3-7,10-12H,8-9H2,1-2H3/b18-12-. The van der Waals surface area contributed by atoms with Crippen LogP contribution in [0, 0.1) is 19.7 Å². The number of benzene rings is 2. The van der Waals surface area contributed by atoms with E-state index in [1.165, 1.54) is 18.2 Å². The highest BCUT2D eigenvalue weighted by Crippen LogP contribution is 2.32. The highest BCUT2D eigenvalue weighted by molar-refractivity contribution is 8.18. The van der Waals surface area contributed by atoms with Crippen LogP contribution in [-0.2, 0) is 4.79 Å². The fourth-order valence-electron chi connectivity index (χ4n) is 2.55. The second-order valence-corrected chi connectivity index (χ2v) is 7.00. The molecule has 2 aromatic carbocycles. The van der Waals surface area contributed by atoms with Crippen molar-refractivity contribution < 1.29 is 18.7 Å². The number of nitrogens with zero attached hydrogens (tertiary/aromatic N) is 1. The smallest absolute Gasteiger partial charge is 0.293 e. The van der Waals surface area contributed by atoms with E-state index in [0.29, 0.717) is 5.56 Å². The Morgan fingerprint density at radius 3 is 2.73 bits per heavy atom. The van der Waals surface area contributed by atoms with E-state index in [4.69, 9.17) is 4.74 Å². The number of amides is 2. The van der Waals surface area contributed by atoms with E-state index in [1.807, 2.05) is 32.0 Å². The molecule has 0 aromatic heterocycles. The van der Waals surface area contributed by atoms with Crippen molar-refractivity contribution in [1.29, 1.82) is 0 Å². The molecule has 0 bridgehead atoms. The van der Waals surface area contributed by atoms with E-state index >= 15 is 0 Å². The fraction of sp³-hybridized carbons (Fsp3) is 0.200. The van der Waals surface area contributed by atoms with E-state index in [-0.39, 0.29) is 35.0 Å². The summed E-state index contributed by atoms with van der Waals surface area (Å²) in [6.07, 6.45) is 1.53. The molecule has 0 unspecified atom stereocenters. The number of imide groups is 1. The molecule has 0 N–H and O–H groups in total. The molecule has 1 fully saturated rings. The molecule has 1 heterocycles. The predicted molar refractivity (Wildman–Crippen MR) is 100 cm³/mol. The highest BCUT2D eigenvalue weighted by Gasteiger charge is 2.34. The second-order valence-electron chi connectivity index (χ2n) is 6.01. The first-order valence-electron chi connectivity index (χ1n) is 8.15. The molecule has 0 saturated carbocycles. The molecule has 1 aliphatic heterocycles. The molecule has 1 saturated heterocycles. The lowest BCUT2D eigenvalue weighted by molar-refractivity contribution is -0.123. The third-order valence-electron chi connectivity index (χ3n) is 3.94. The van der Waals surface area contributed by atoms with Crippen molar-refractivity contribution in [2.45, 2.75) is 13.8 Å². The van der Waals surface area contributed by atoms with E-state index in [0.717, 1.165) is 33.5 Å². The van der Waals surface area contributed by atoms with Gasteiger partial charge in [0.2, 0.25) is 0 Å². The Bertz CT molecular complexity index is 894. The maximum atomic E-state index is 13.3. The zero-order chi connectivity index (χ0) is 18.7. The molecule has 3 rings (SSSR count). The summed E-state index contributed by atoms with van der Waals surface area (Å²) in [6, 6.07) is 11.8. The summed E-state index contributed by atoms with van der Waals surface area (Å²) in [5.74, 6) is -0.0268. The van der Waals surface area contributed by atoms with Crippen molar-refractivity contribution in [3.05, 3.63) is 69.9 Å². The lowest BCUT2D eigenvalue weighted by atomic mass is 10.1. The molecular weight excluding hydrogens is 353 g/mol. The van der Waals surface area contributed by atoms with Crippen LogP contribution in [0.25, 0.3) is 6.08 Å². The van der Waals surface area contributed by atoms with Crippen molar-refractivity contribution in [3.63, 3.8) is 0 Å². The van der Waals surface area contributed by atoms with E-state index < -0.39 is 0 Å². The number of rotatable bonds is 5. The average molecular weight is 371 g/mol. The first-order valence-corrected chi connectivity index (χ1v) is 8.96. The van der Waals surface area contributed by atoms with Gasteiger partial charge in [0.15, 0.2) is 0 Å². The van der Waals surface area contributed by atoms with Gasteiger partial charge in [0, 0.05) is 0 Å². The topological polar surface area (TPSA) is 46.6 Å². The van der Waals surface area contributed by atoms with Gasteiger partial charge >= 0.3 is 0 Å². The van der Waals surface area contributed by atoms with Crippen molar-refractivity contribution in [3.8, 4) is 5.75 Å². The summed E-state index contributed by atoms with van der Waals surface area (Å²) < 4.78 is 19.0. The SMILES string of the molecule is Cc1ccc(C)c(OCCN2C(=O)S/C(=C\c3cccc(F)c3)C2=O)c1. The Balaban J connectivity index is 1.65. The maximum absolute atomic E-state index is 13.3. The van der Waals surface area contributed by atoms with Gasteiger partial charge in [-0.15, -0.1) is 0 Å². The maximum Gasteiger partial charge on any atom is 0.293 e. The minimum Gasteiger partial charge on any atom is -0.491 e. The minimum atomic E-state index is -0.389. The third kappa shape index (κ3) is 4.14. The van der Waals surface area contributed by atoms with Crippen LogP contribution in [0.2, 0.25) is 0 Å². The molecule has 134 valence electrons. The van der Waals surface area contributed by atoms with Crippen molar-refractivity contribution in [2.75, 3.05) is 13.2 Å². The molecule has 2 aromatic rings. The molecule has 26 heavy (non-hydrogen) atoms. The van der Waals surface area contributed by atoms with Crippen LogP contribution < -0.4 is 4.74 Å². The molecule has 6 heteroatoms. The lowest BCUT2D eigenvalue weighted by Crippen LogP contribution is -2.32. The average Bonchev–Trinajstić information content (AvgIpc) is 2.85. The number of hydrogen-bond donors (Lipinski definition) is 0. The van der Waals surface area contributed by atoms with Gasteiger partial charge in [0.1, 0.15) is 18.2 Å². The Morgan fingerprint density at radius 2 is 1.96 bits per heavy atom. The van der Waals surface area contributed by atoms with E-state index in [1.54, 1.807) is 12.1 Å². The normalized spacial score (nSPS) is 15.8. The molecule has 0 aliphatic carbocycles. The summed E-state index contributed by atoms with van der Waals surface area (Å²) in [5.41, 5.74) is 2.62. The first-order chi connectivity index (χ1) is 12.4. The highest BCUT2D eigenvalue weighted by atomic mass is 32.2. The number of carbonyl (C=O) groups excluding carboxylic acids is 2. The molecular formula is C20H18FNO3S. The Labute approximate surface area is 155 Å². The number of halogens is 1. The third-order valence-corrected chi connectivity index (χ3v) is 4.84. The molecule has 1 aliphatic rings. The summed E-state index contributed by atoms with van der Waals surface area (Å²) in [5, 5.41) is -0.345. The number of thioether (sulfide) groups is 1.